The van der Waals surface area contributed by atoms with E-state index in [4.69, 9.17) is 19.9 Å². The Balaban J connectivity index is 0.866. The minimum atomic E-state index is 0.603. The molecule has 5 heterocycles. The van der Waals surface area contributed by atoms with Crippen molar-refractivity contribution in [2.45, 2.75) is 0 Å². The van der Waals surface area contributed by atoms with Crippen LogP contribution in [0.2, 0.25) is 0 Å². The molecule has 0 saturated heterocycles. The molecule has 0 aliphatic rings. The molecule has 0 aliphatic carbocycles. The average Bonchev–Trinajstić information content (AvgIpc) is 3.70. The molecule has 12 rings (SSSR count). The van der Waals surface area contributed by atoms with Crippen molar-refractivity contribution in [3.8, 4) is 73.5 Å². The van der Waals surface area contributed by atoms with Gasteiger partial charge in [-0.2, -0.15) is 0 Å². The zero-order valence-corrected chi connectivity index (χ0v) is 33.8. The van der Waals surface area contributed by atoms with Crippen LogP contribution in [0.5, 0.6) is 0 Å². The summed E-state index contributed by atoms with van der Waals surface area (Å²) in [5, 5.41) is 4.61. The molecule has 7 nitrogen and oxygen atoms in total. The highest BCUT2D eigenvalue weighted by atomic mass is 15.0. The van der Waals surface area contributed by atoms with Gasteiger partial charge < -0.3 is 4.57 Å². The van der Waals surface area contributed by atoms with Crippen LogP contribution in [0.3, 0.4) is 0 Å². The summed E-state index contributed by atoms with van der Waals surface area (Å²) in [6.45, 7) is 0. The minimum Gasteiger partial charge on any atom is -0.309 e. The van der Waals surface area contributed by atoms with Crippen LogP contribution in [0.25, 0.3) is 117 Å². The first-order chi connectivity index (χ1) is 31.2. The Bertz CT molecular complexity index is 3610. The zero-order chi connectivity index (χ0) is 41.7. The van der Waals surface area contributed by atoms with Crippen LogP contribution in [-0.4, -0.2) is 34.5 Å². The quantitative estimate of drug-likeness (QED) is 0.160. The summed E-state index contributed by atoms with van der Waals surface area (Å²) < 4.78 is 2.34. The summed E-state index contributed by atoms with van der Waals surface area (Å²) in [7, 11) is 0. The van der Waals surface area contributed by atoms with E-state index in [1.165, 1.54) is 21.8 Å². The van der Waals surface area contributed by atoms with Gasteiger partial charge in [0, 0.05) is 61.9 Å². The number of hydrogen-bond acceptors (Lipinski definition) is 6. The van der Waals surface area contributed by atoms with Crippen molar-refractivity contribution in [3.05, 3.63) is 213 Å². The van der Waals surface area contributed by atoms with Gasteiger partial charge in [0.1, 0.15) is 5.69 Å². The van der Waals surface area contributed by atoms with Gasteiger partial charge in [-0.15, -0.1) is 0 Å². The summed E-state index contributed by atoms with van der Waals surface area (Å²) in [6.07, 6.45) is 3.46. The molecule has 0 bridgehead atoms. The Morgan fingerprint density at radius 1 is 0.302 bits per heavy atom. The Kier molecular flexibility index (Phi) is 8.67. The molecule has 7 aromatic carbocycles. The SMILES string of the molecule is c1ccc(-c2nc(-c3ccc(-c4ccc5ccc(-c6ccc7ccc(-c8ncccn8)nc7c6)nc5c4)cc3)cc(-c3ccc(-n4c5ccccc5c5ccccc54)cc3)n2)cc1. The molecule has 0 amide bonds. The number of para-hydroxylation sites is 2. The van der Waals surface area contributed by atoms with Gasteiger partial charge in [-0.1, -0.05) is 140 Å². The van der Waals surface area contributed by atoms with E-state index < -0.39 is 0 Å². The van der Waals surface area contributed by atoms with Crippen LogP contribution in [0.15, 0.2) is 213 Å². The Labute approximate surface area is 362 Å². The van der Waals surface area contributed by atoms with E-state index in [9.17, 15) is 0 Å². The maximum absolute atomic E-state index is 5.14. The molecule has 63 heavy (non-hydrogen) atoms. The third kappa shape index (κ3) is 6.65. The van der Waals surface area contributed by atoms with Gasteiger partial charge in [0.05, 0.1) is 39.1 Å². The largest absolute Gasteiger partial charge is 0.309 e. The van der Waals surface area contributed by atoms with Crippen molar-refractivity contribution in [3.63, 3.8) is 0 Å². The van der Waals surface area contributed by atoms with Crippen molar-refractivity contribution in [1.82, 2.24) is 34.5 Å². The molecule has 0 spiro atoms. The second-order valence-corrected chi connectivity index (χ2v) is 15.6. The summed E-state index contributed by atoms with van der Waals surface area (Å²) in [5.41, 5.74) is 14.8. The van der Waals surface area contributed by atoms with E-state index in [-0.39, 0.29) is 0 Å². The standard InChI is InChI=1S/C56H35N7/c1-2-9-41(10-3-1)55-61-51(35-52(62-55)40-23-27-44(28-24-40)63-53-13-6-4-11-45(53)46-12-5-7-14-54(46)63)37-17-15-36(16-18-37)42-21-19-38-25-29-47(59-49(38)33-42)43-22-20-39-26-30-48(60-50(39)34-43)56-57-31-8-32-58-56/h1-35H. The third-order valence-electron chi connectivity index (χ3n) is 11.7. The summed E-state index contributed by atoms with van der Waals surface area (Å²) in [5.74, 6) is 1.29. The van der Waals surface area contributed by atoms with Crippen LogP contribution in [0, 0.1) is 0 Å². The second kappa shape index (κ2) is 15.1. The topological polar surface area (TPSA) is 82.3 Å². The predicted octanol–water partition coefficient (Wildman–Crippen LogP) is 13.5. The van der Waals surface area contributed by atoms with Gasteiger partial charge in [0.25, 0.3) is 0 Å². The fraction of sp³-hybridized carbons (Fsp3) is 0. The number of hydrogen-bond donors (Lipinski definition) is 0. The lowest BCUT2D eigenvalue weighted by Gasteiger charge is -2.12. The van der Waals surface area contributed by atoms with Crippen LogP contribution in [0.1, 0.15) is 0 Å². The highest BCUT2D eigenvalue weighted by Crippen LogP contribution is 2.35. The number of rotatable bonds is 7. The van der Waals surface area contributed by atoms with Gasteiger partial charge in [0.15, 0.2) is 11.6 Å². The lowest BCUT2D eigenvalue weighted by molar-refractivity contribution is 1.15. The predicted molar refractivity (Wildman–Crippen MR) is 255 cm³/mol. The molecule has 0 aliphatic heterocycles. The zero-order valence-electron chi connectivity index (χ0n) is 33.8. The number of benzene rings is 7. The molecule has 0 N–H and O–H groups in total. The van der Waals surface area contributed by atoms with Crippen molar-refractivity contribution in [2.24, 2.45) is 0 Å². The van der Waals surface area contributed by atoms with E-state index >= 15 is 0 Å². The Morgan fingerprint density at radius 2 is 0.810 bits per heavy atom. The average molecular weight is 806 g/mol. The first-order valence-electron chi connectivity index (χ1n) is 20.9. The number of pyridine rings is 2. The normalized spacial score (nSPS) is 11.5. The third-order valence-corrected chi connectivity index (χ3v) is 11.7. The van der Waals surface area contributed by atoms with Gasteiger partial charge >= 0.3 is 0 Å². The number of fused-ring (bicyclic) bond motifs is 5. The molecule has 0 unspecified atom stereocenters. The molecule has 0 radical (unpaired) electrons. The van der Waals surface area contributed by atoms with Crippen molar-refractivity contribution in [2.75, 3.05) is 0 Å². The Morgan fingerprint density at radius 3 is 1.48 bits per heavy atom. The fourth-order valence-corrected chi connectivity index (χ4v) is 8.56. The van der Waals surface area contributed by atoms with Crippen LogP contribution >= 0.6 is 0 Å². The fourth-order valence-electron chi connectivity index (χ4n) is 8.56. The smallest absolute Gasteiger partial charge is 0.178 e. The van der Waals surface area contributed by atoms with E-state index in [1.54, 1.807) is 18.5 Å². The molecular formula is C56H35N7. The number of nitrogens with zero attached hydrogens (tertiary/aromatic N) is 7. The first-order valence-corrected chi connectivity index (χ1v) is 20.9. The lowest BCUT2D eigenvalue weighted by atomic mass is 10.00. The summed E-state index contributed by atoms with van der Waals surface area (Å²) in [6, 6.07) is 69.5. The first kappa shape index (κ1) is 36.2. The molecular weight excluding hydrogens is 771 g/mol. The van der Waals surface area contributed by atoms with Crippen LogP contribution in [0.4, 0.5) is 0 Å². The molecule has 7 heteroatoms. The van der Waals surface area contributed by atoms with Crippen LogP contribution in [-0.2, 0) is 0 Å². The van der Waals surface area contributed by atoms with E-state index in [0.717, 1.165) is 83.6 Å². The van der Waals surface area contributed by atoms with E-state index in [1.807, 2.05) is 24.3 Å². The van der Waals surface area contributed by atoms with Gasteiger partial charge in [0.2, 0.25) is 0 Å². The molecule has 0 atom stereocenters. The van der Waals surface area contributed by atoms with Crippen molar-refractivity contribution in [1.29, 1.82) is 0 Å². The van der Waals surface area contributed by atoms with Crippen LogP contribution < -0.4 is 0 Å². The highest BCUT2D eigenvalue weighted by Gasteiger charge is 2.15. The highest BCUT2D eigenvalue weighted by molar-refractivity contribution is 6.09. The summed E-state index contributed by atoms with van der Waals surface area (Å²) in [4.78, 5) is 29.0. The monoisotopic (exact) mass is 805 g/mol. The van der Waals surface area contributed by atoms with Gasteiger partial charge in [-0.25, -0.2) is 29.9 Å². The summed E-state index contributed by atoms with van der Waals surface area (Å²) >= 11 is 0. The van der Waals surface area contributed by atoms with Gasteiger partial charge in [-0.05, 0) is 71.8 Å². The maximum atomic E-state index is 5.14. The number of aromatic nitrogens is 7. The molecule has 294 valence electrons. The second-order valence-electron chi connectivity index (χ2n) is 15.6. The maximum Gasteiger partial charge on any atom is 0.178 e. The van der Waals surface area contributed by atoms with Crippen molar-refractivity contribution >= 4 is 43.6 Å². The van der Waals surface area contributed by atoms with E-state index in [2.05, 4.69) is 184 Å². The molecule has 12 aromatic rings. The molecule has 5 aromatic heterocycles. The van der Waals surface area contributed by atoms with Gasteiger partial charge in [-0.3, -0.25) is 0 Å². The lowest BCUT2D eigenvalue weighted by Crippen LogP contribution is -1.97. The molecule has 0 fully saturated rings. The minimum absolute atomic E-state index is 0.603. The molecule has 0 saturated carbocycles. The Hall–Kier alpha value is -8.68. The van der Waals surface area contributed by atoms with Crippen molar-refractivity contribution < 1.29 is 0 Å². The van der Waals surface area contributed by atoms with E-state index in [0.29, 0.717) is 11.6 Å².